The van der Waals surface area contributed by atoms with Crippen LogP contribution in [0.15, 0.2) is 48.8 Å². The Labute approximate surface area is 182 Å². The van der Waals surface area contributed by atoms with Crippen molar-refractivity contribution in [2.75, 3.05) is 26.3 Å². The fraction of sp³-hybridized carbons (Fsp3) is 0.409. The van der Waals surface area contributed by atoms with Crippen LogP contribution in [0.3, 0.4) is 0 Å². The predicted octanol–water partition coefficient (Wildman–Crippen LogP) is 3.33. The first kappa shape index (κ1) is 23.5. The molecule has 2 saturated heterocycles. The number of halogens is 3. The van der Waals surface area contributed by atoms with Crippen molar-refractivity contribution in [3.63, 3.8) is 0 Å². The van der Waals surface area contributed by atoms with Gasteiger partial charge in [0.05, 0.1) is 25.9 Å². The van der Waals surface area contributed by atoms with Gasteiger partial charge in [-0.3, -0.25) is 9.78 Å². The number of carboxylic acids is 1. The number of aromatic nitrogens is 1. The quantitative estimate of drug-likeness (QED) is 0.766. The van der Waals surface area contributed by atoms with E-state index >= 15 is 0 Å². The standard InChI is InChI=1S/C20H22N2O3.C2HF3O2/c1-15-4-2-5-16(10-15)19(23)22-13-20(14-22)17(7-9-25-20)12-24-18-6-3-8-21-11-18;3-2(4,5)1(6)7/h2-6,8,10-11,17H,7,9,12-14H2,1H3;(H,6,7). The number of amides is 1. The average molecular weight is 452 g/mol. The molecule has 1 aromatic carbocycles. The van der Waals surface area contributed by atoms with Crippen LogP contribution >= 0.6 is 0 Å². The third kappa shape index (κ3) is 5.56. The van der Waals surface area contributed by atoms with E-state index in [-0.39, 0.29) is 11.5 Å². The highest BCUT2D eigenvalue weighted by Gasteiger charge is 2.54. The van der Waals surface area contributed by atoms with Crippen LogP contribution < -0.4 is 4.74 Å². The van der Waals surface area contributed by atoms with Gasteiger partial charge in [-0.2, -0.15) is 13.2 Å². The number of aryl methyl sites for hydroxylation is 1. The molecule has 2 aliphatic rings. The number of benzene rings is 1. The van der Waals surface area contributed by atoms with Crippen LogP contribution in [0.2, 0.25) is 0 Å². The van der Waals surface area contributed by atoms with E-state index in [4.69, 9.17) is 19.4 Å². The Balaban J connectivity index is 0.000000360. The van der Waals surface area contributed by atoms with E-state index in [0.717, 1.165) is 29.9 Å². The van der Waals surface area contributed by atoms with Gasteiger partial charge in [0, 0.05) is 24.3 Å². The molecule has 2 aromatic rings. The van der Waals surface area contributed by atoms with Crippen molar-refractivity contribution in [2.24, 2.45) is 5.92 Å². The van der Waals surface area contributed by atoms with Crippen LogP contribution in [0.25, 0.3) is 0 Å². The van der Waals surface area contributed by atoms with Crippen LogP contribution in [0.1, 0.15) is 22.3 Å². The lowest BCUT2D eigenvalue weighted by Crippen LogP contribution is -2.66. The summed E-state index contributed by atoms with van der Waals surface area (Å²) in [7, 11) is 0. The molecule has 10 heteroatoms. The summed E-state index contributed by atoms with van der Waals surface area (Å²) in [5, 5.41) is 7.12. The number of hydrogen-bond acceptors (Lipinski definition) is 5. The van der Waals surface area contributed by atoms with E-state index in [9.17, 15) is 18.0 Å². The summed E-state index contributed by atoms with van der Waals surface area (Å²) in [6, 6.07) is 11.5. The highest BCUT2D eigenvalue weighted by atomic mass is 19.4. The molecule has 1 spiro atoms. The normalized spacial score (nSPS) is 19.0. The van der Waals surface area contributed by atoms with Gasteiger partial charge in [-0.25, -0.2) is 4.79 Å². The van der Waals surface area contributed by atoms with Crippen LogP contribution in [0, 0.1) is 12.8 Å². The number of carbonyl (C=O) groups is 2. The molecular formula is C22H23F3N2O5. The smallest absolute Gasteiger partial charge is 0.490 e. The zero-order valence-electron chi connectivity index (χ0n) is 17.3. The monoisotopic (exact) mass is 452 g/mol. The molecule has 2 fully saturated rings. The van der Waals surface area contributed by atoms with E-state index < -0.39 is 12.1 Å². The van der Waals surface area contributed by atoms with Crippen LogP contribution in [0.5, 0.6) is 5.75 Å². The molecule has 4 rings (SSSR count). The Hall–Kier alpha value is -3.14. The third-order valence-corrected chi connectivity index (χ3v) is 5.40. The summed E-state index contributed by atoms with van der Waals surface area (Å²) in [5.41, 5.74) is 1.60. The summed E-state index contributed by atoms with van der Waals surface area (Å²) < 4.78 is 43.6. The number of aliphatic carboxylic acids is 1. The maximum absolute atomic E-state index is 12.6. The van der Waals surface area contributed by atoms with Gasteiger partial charge in [0.2, 0.25) is 0 Å². The molecule has 0 saturated carbocycles. The Morgan fingerprint density at radius 3 is 2.59 bits per heavy atom. The third-order valence-electron chi connectivity index (χ3n) is 5.40. The molecule has 0 aliphatic carbocycles. The van der Waals surface area contributed by atoms with Crippen molar-refractivity contribution in [3.8, 4) is 5.75 Å². The van der Waals surface area contributed by atoms with Gasteiger partial charge in [0.15, 0.2) is 0 Å². The molecule has 1 unspecified atom stereocenters. The van der Waals surface area contributed by atoms with Gasteiger partial charge in [-0.05, 0) is 37.6 Å². The molecule has 0 radical (unpaired) electrons. The lowest BCUT2D eigenvalue weighted by atomic mass is 9.81. The minimum Gasteiger partial charge on any atom is -0.492 e. The second-order valence-corrected chi connectivity index (χ2v) is 7.73. The minimum absolute atomic E-state index is 0.0803. The Bertz CT molecular complexity index is 946. The molecule has 1 aromatic heterocycles. The molecular weight excluding hydrogens is 429 g/mol. The van der Waals surface area contributed by atoms with Crippen LogP contribution in [0.4, 0.5) is 13.2 Å². The van der Waals surface area contributed by atoms with Crippen LogP contribution in [-0.2, 0) is 9.53 Å². The maximum Gasteiger partial charge on any atom is 0.490 e. The van der Waals surface area contributed by atoms with Crippen molar-refractivity contribution in [2.45, 2.75) is 25.1 Å². The average Bonchev–Trinajstić information content (AvgIpc) is 3.15. The highest BCUT2D eigenvalue weighted by Crippen LogP contribution is 2.40. The fourth-order valence-electron chi connectivity index (χ4n) is 3.70. The zero-order valence-corrected chi connectivity index (χ0v) is 17.3. The molecule has 0 bridgehead atoms. The molecule has 172 valence electrons. The number of alkyl halides is 3. The second-order valence-electron chi connectivity index (χ2n) is 7.73. The van der Waals surface area contributed by atoms with E-state index in [1.54, 1.807) is 12.4 Å². The number of pyridine rings is 1. The number of likely N-dealkylation sites (tertiary alicyclic amines) is 1. The largest absolute Gasteiger partial charge is 0.492 e. The van der Waals surface area contributed by atoms with E-state index in [1.807, 2.05) is 48.2 Å². The van der Waals surface area contributed by atoms with E-state index in [2.05, 4.69) is 4.98 Å². The lowest BCUT2D eigenvalue weighted by Gasteiger charge is -2.50. The topological polar surface area (TPSA) is 89.0 Å². The van der Waals surface area contributed by atoms with Crippen molar-refractivity contribution < 1.29 is 37.3 Å². The van der Waals surface area contributed by atoms with Crippen molar-refractivity contribution in [1.82, 2.24) is 9.88 Å². The van der Waals surface area contributed by atoms with Crippen molar-refractivity contribution in [1.29, 1.82) is 0 Å². The minimum atomic E-state index is -5.08. The van der Waals surface area contributed by atoms with Gasteiger partial charge in [0.1, 0.15) is 11.4 Å². The van der Waals surface area contributed by atoms with Crippen LogP contribution in [-0.4, -0.2) is 64.9 Å². The van der Waals surface area contributed by atoms with Crippen molar-refractivity contribution >= 4 is 11.9 Å². The van der Waals surface area contributed by atoms with Gasteiger partial charge >= 0.3 is 12.1 Å². The van der Waals surface area contributed by atoms with Gasteiger partial charge in [-0.15, -0.1) is 0 Å². The number of nitrogens with zero attached hydrogens (tertiary/aromatic N) is 2. The van der Waals surface area contributed by atoms with Gasteiger partial charge in [-0.1, -0.05) is 17.7 Å². The first-order chi connectivity index (χ1) is 15.1. The van der Waals surface area contributed by atoms with Gasteiger partial charge < -0.3 is 19.5 Å². The number of carboxylic acid groups (broad SMARTS) is 1. The molecule has 32 heavy (non-hydrogen) atoms. The van der Waals surface area contributed by atoms with Gasteiger partial charge in [0.25, 0.3) is 5.91 Å². The first-order valence-electron chi connectivity index (χ1n) is 9.93. The molecule has 1 amide bonds. The van der Waals surface area contributed by atoms with Crippen molar-refractivity contribution in [3.05, 3.63) is 59.9 Å². The first-order valence-corrected chi connectivity index (χ1v) is 9.93. The predicted molar refractivity (Wildman–Crippen MR) is 107 cm³/mol. The zero-order chi connectivity index (χ0) is 23.4. The number of hydrogen-bond donors (Lipinski definition) is 1. The molecule has 1 atom stereocenters. The summed E-state index contributed by atoms with van der Waals surface area (Å²) in [5.74, 6) is -1.60. The summed E-state index contributed by atoms with van der Waals surface area (Å²) >= 11 is 0. The Morgan fingerprint density at radius 2 is 2.00 bits per heavy atom. The summed E-state index contributed by atoms with van der Waals surface area (Å²) in [6.07, 6.45) is -0.669. The van der Waals surface area contributed by atoms with E-state index in [1.165, 1.54) is 0 Å². The lowest BCUT2D eigenvalue weighted by molar-refractivity contribution is -0.192. The number of ether oxygens (including phenoxy) is 2. The maximum atomic E-state index is 12.6. The number of rotatable bonds is 4. The van der Waals surface area contributed by atoms with E-state index in [0.29, 0.717) is 25.6 Å². The molecule has 3 heterocycles. The summed E-state index contributed by atoms with van der Waals surface area (Å²) in [4.78, 5) is 27.5. The highest BCUT2D eigenvalue weighted by molar-refractivity contribution is 5.95. The molecule has 2 aliphatic heterocycles. The molecule has 1 N–H and O–H groups in total. The fourth-order valence-corrected chi connectivity index (χ4v) is 3.70. The number of carbonyl (C=O) groups excluding carboxylic acids is 1. The Kier molecular flexibility index (Phi) is 7.02. The second kappa shape index (κ2) is 9.56. The SMILES string of the molecule is Cc1cccc(C(=O)N2CC3(C2)OCCC3COc2cccnc2)c1.O=C(O)C(F)(F)F. The Morgan fingerprint density at radius 1 is 1.28 bits per heavy atom. The molecule has 7 nitrogen and oxygen atoms in total. The summed E-state index contributed by atoms with van der Waals surface area (Å²) in [6.45, 7) is 4.60.